The minimum Gasteiger partial charge on any atom is -0.457 e. The number of benzene rings is 1. The van der Waals surface area contributed by atoms with Crippen LogP contribution in [0.1, 0.15) is 105 Å². The molecule has 1 amide bonds. The molecule has 3 aliphatic heterocycles. The number of likely N-dealkylation sites (N-methyl/N-ethyl adjacent to an activating group) is 1. The summed E-state index contributed by atoms with van der Waals surface area (Å²) in [7, 11) is 5.25. The Labute approximate surface area is 355 Å². The van der Waals surface area contributed by atoms with Crippen molar-refractivity contribution in [1.29, 1.82) is 0 Å². The molecule has 0 saturated carbocycles. The van der Waals surface area contributed by atoms with E-state index in [1.54, 1.807) is 18.7 Å². The van der Waals surface area contributed by atoms with Crippen molar-refractivity contribution in [2.75, 3.05) is 27.7 Å². The summed E-state index contributed by atoms with van der Waals surface area (Å²) in [5.74, 6) is -4.23. The highest BCUT2D eigenvalue weighted by Crippen LogP contribution is 2.45. The van der Waals surface area contributed by atoms with Crippen LogP contribution in [0.15, 0.2) is 34.9 Å². The van der Waals surface area contributed by atoms with Crippen molar-refractivity contribution in [3.8, 4) is 11.3 Å². The van der Waals surface area contributed by atoms with Gasteiger partial charge in [0.15, 0.2) is 17.7 Å². The fourth-order valence-corrected chi connectivity index (χ4v) is 9.87. The van der Waals surface area contributed by atoms with Crippen molar-refractivity contribution in [1.82, 2.24) is 15.0 Å². The van der Waals surface area contributed by atoms with Crippen molar-refractivity contribution < 1.29 is 52.5 Å². The number of carbonyl (C=O) groups excluding carboxylic acids is 4. The molecule has 5 rings (SSSR count). The van der Waals surface area contributed by atoms with Gasteiger partial charge in [-0.2, -0.15) is 0 Å². The van der Waals surface area contributed by atoms with Crippen molar-refractivity contribution in [2.24, 2.45) is 23.7 Å². The lowest BCUT2D eigenvalue weighted by molar-refractivity contribution is -0.295. The Bertz CT molecular complexity index is 1800. The van der Waals surface area contributed by atoms with Gasteiger partial charge in [-0.25, -0.2) is 4.79 Å². The number of aliphatic hydroxyl groups excluding tert-OH is 1. The van der Waals surface area contributed by atoms with Gasteiger partial charge >= 0.3 is 12.1 Å². The number of unbranched alkanes of at least 4 members (excludes halogenated alkanes) is 1. The second kappa shape index (κ2) is 19.6. The molecule has 60 heavy (non-hydrogen) atoms. The number of Topliss-reactive ketones (excluding diaryl/α,β-unsaturated/α-hetero) is 2. The first-order valence-corrected chi connectivity index (χ1v) is 21.8. The second-order valence-electron chi connectivity index (χ2n) is 18.0. The van der Waals surface area contributed by atoms with Crippen LogP contribution in [0.2, 0.25) is 0 Å². The van der Waals surface area contributed by atoms with Crippen molar-refractivity contribution >= 4 is 23.6 Å². The van der Waals surface area contributed by atoms with Gasteiger partial charge in [-0.15, -0.1) is 0 Å². The number of fused-ring (bicyclic) bond motifs is 1. The van der Waals surface area contributed by atoms with E-state index >= 15 is 0 Å². The molecule has 3 saturated heterocycles. The number of cyclic esters (lactones) is 1. The standard InChI is InChI=1S/C46H69N3O11/c1-13-36-46(14-2)40(49(44(54)59-46)22-16-15-17-33-24-34(47-60-33)32-20-18-26(3)19-21-32)29(6)37(50)27(4)25-45(9,55-12)41(30(7)38(51)31(8)42(53)57-36)58-43-39(52)35(48(10)11)23-28(5)56-43/h18-21,24,27-31,35-36,39-41,43,52H,13-17,22-23,25H2,1-12H3/t27-,28-,29+,30+,31-,35+,36-,39-,40-,41-,43+,45+,46-/m1/s1. The van der Waals surface area contributed by atoms with Gasteiger partial charge in [0.1, 0.15) is 35.4 Å². The van der Waals surface area contributed by atoms with Crippen LogP contribution in [-0.2, 0) is 44.5 Å². The number of aromatic nitrogens is 1. The molecule has 3 fully saturated rings. The first-order valence-electron chi connectivity index (χ1n) is 21.8. The van der Waals surface area contributed by atoms with Crippen LogP contribution in [0.4, 0.5) is 4.79 Å². The van der Waals surface area contributed by atoms with Crippen molar-refractivity contribution in [2.45, 2.75) is 161 Å². The zero-order valence-corrected chi connectivity index (χ0v) is 37.8. The number of amides is 1. The van der Waals surface area contributed by atoms with Gasteiger partial charge in [0.2, 0.25) is 0 Å². The van der Waals surface area contributed by atoms with Gasteiger partial charge < -0.3 is 43.1 Å². The minimum atomic E-state index is -1.37. The Kier molecular flexibility index (Phi) is 15.4. The summed E-state index contributed by atoms with van der Waals surface area (Å²) in [6.45, 7) is 16.5. The lowest BCUT2D eigenvalue weighted by Gasteiger charge is -2.47. The van der Waals surface area contributed by atoms with Crippen molar-refractivity contribution in [3.05, 3.63) is 41.7 Å². The molecular weight excluding hydrogens is 771 g/mol. The lowest BCUT2D eigenvalue weighted by Crippen LogP contribution is -2.61. The average molecular weight is 840 g/mol. The van der Waals surface area contributed by atoms with E-state index in [9.17, 15) is 24.3 Å². The summed E-state index contributed by atoms with van der Waals surface area (Å²) in [4.78, 5) is 60.9. The molecule has 1 aromatic heterocycles. The largest absolute Gasteiger partial charge is 0.457 e. The van der Waals surface area contributed by atoms with Gasteiger partial charge in [0, 0.05) is 55.5 Å². The molecule has 3 aliphatic rings. The quantitative estimate of drug-likeness (QED) is 0.139. The van der Waals surface area contributed by atoms with E-state index in [1.165, 1.54) is 14.0 Å². The number of esters is 1. The van der Waals surface area contributed by atoms with Crippen LogP contribution >= 0.6 is 0 Å². The van der Waals surface area contributed by atoms with Crippen LogP contribution < -0.4 is 0 Å². The Hall–Kier alpha value is -3.69. The smallest absolute Gasteiger partial charge is 0.410 e. The summed E-state index contributed by atoms with van der Waals surface area (Å²) >= 11 is 0. The Morgan fingerprint density at radius 2 is 1.67 bits per heavy atom. The highest BCUT2D eigenvalue weighted by atomic mass is 16.7. The minimum absolute atomic E-state index is 0.128. The second-order valence-corrected chi connectivity index (χ2v) is 18.0. The summed E-state index contributed by atoms with van der Waals surface area (Å²) in [5, 5.41) is 15.7. The van der Waals surface area contributed by atoms with Gasteiger partial charge in [-0.1, -0.05) is 69.6 Å². The van der Waals surface area contributed by atoms with E-state index in [2.05, 4.69) is 5.16 Å². The first kappa shape index (κ1) is 47.4. The number of methoxy groups -OCH3 is 1. The normalized spacial score (nSPS) is 35.9. The van der Waals surface area contributed by atoms with E-state index in [-0.39, 0.29) is 43.7 Å². The van der Waals surface area contributed by atoms with E-state index < -0.39 is 83.4 Å². The summed E-state index contributed by atoms with van der Waals surface area (Å²) in [5.41, 5.74) is 0.230. The molecule has 14 heteroatoms. The number of ketones is 2. The number of aryl methyl sites for hydroxylation is 2. The summed E-state index contributed by atoms with van der Waals surface area (Å²) in [6.07, 6.45) is -1.95. The molecule has 1 N–H and O–H groups in total. The summed E-state index contributed by atoms with van der Waals surface area (Å²) < 4.78 is 37.2. The van der Waals surface area contributed by atoms with E-state index in [0.29, 0.717) is 25.7 Å². The lowest BCUT2D eigenvalue weighted by atomic mass is 9.72. The maximum absolute atomic E-state index is 14.8. The highest BCUT2D eigenvalue weighted by molar-refractivity contribution is 6.00. The van der Waals surface area contributed by atoms with Crippen LogP contribution in [0.3, 0.4) is 0 Å². The number of rotatable bonds is 12. The first-order chi connectivity index (χ1) is 28.3. The third kappa shape index (κ3) is 9.67. The monoisotopic (exact) mass is 839 g/mol. The zero-order chi connectivity index (χ0) is 44.3. The topological polar surface area (TPSA) is 167 Å². The third-order valence-corrected chi connectivity index (χ3v) is 13.5. The van der Waals surface area contributed by atoms with E-state index in [1.807, 2.05) is 90.9 Å². The maximum Gasteiger partial charge on any atom is 0.410 e. The van der Waals surface area contributed by atoms with Gasteiger partial charge in [0.25, 0.3) is 0 Å². The Balaban J connectivity index is 1.45. The average Bonchev–Trinajstić information content (AvgIpc) is 3.81. The number of hydrogen-bond donors (Lipinski definition) is 1. The molecule has 14 nitrogen and oxygen atoms in total. The molecule has 0 radical (unpaired) electrons. The molecule has 13 atom stereocenters. The van der Waals surface area contributed by atoms with Gasteiger partial charge in [-0.05, 0) is 80.3 Å². The highest BCUT2D eigenvalue weighted by Gasteiger charge is 2.62. The number of carbonyl (C=O) groups is 4. The van der Waals surface area contributed by atoms with Crippen molar-refractivity contribution in [3.63, 3.8) is 0 Å². The number of nitrogens with zero attached hydrogens (tertiary/aromatic N) is 3. The maximum atomic E-state index is 14.8. The van der Waals surface area contributed by atoms with Crippen LogP contribution in [0.5, 0.6) is 0 Å². The molecule has 334 valence electrons. The predicted molar refractivity (Wildman–Crippen MR) is 224 cm³/mol. The van der Waals surface area contributed by atoms with Crippen LogP contribution in [0.25, 0.3) is 11.3 Å². The molecule has 4 heterocycles. The number of hydrogen-bond acceptors (Lipinski definition) is 13. The molecule has 2 aromatic rings. The molecule has 0 spiro atoms. The fraction of sp³-hybridized carbons (Fsp3) is 0.717. The molecule has 0 unspecified atom stereocenters. The third-order valence-electron chi connectivity index (χ3n) is 13.5. The van der Waals surface area contributed by atoms with E-state index in [0.717, 1.165) is 22.6 Å². The fourth-order valence-electron chi connectivity index (χ4n) is 9.87. The molecule has 0 bridgehead atoms. The van der Waals surface area contributed by atoms with Gasteiger partial charge in [0.05, 0.1) is 23.9 Å². The van der Waals surface area contributed by atoms with Crippen LogP contribution in [0, 0.1) is 30.6 Å². The molecular formula is C46H69N3O11. The number of ether oxygens (including phenoxy) is 5. The molecule has 1 aromatic carbocycles. The Morgan fingerprint density at radius 3 is 2.28 bits per heavy atom. The molecule has 0 aliphatic carbocycles. The summed E-state index contributed by atoms with van der Waals surface area (Å²) in [6, 6.07) is 8.93. The van der Waals surface area contributed by atoms with Crippen LogP contribution in [-0.4, -0.2) is 125 Å². The SMILES string of the molecule is CC[C@H]1OC(=O)[C@H](C)C(=O)[C@H](C)[C@@H](O[C@@H]2O[C@H](C)C[C@H](N(C)C)[C@H]2O)[C@@](C)(OC)C[C@@H](C)C(=O)[C@H](C)[C@H]2N(CCCCc3cc(-c4ccc(C)cc4)no3)C(=O)O[C@]12CC. The Morgan fingerprint density at radius 1 is 0.983 bits per heavy atom. The van der Waals surface area contributed by atoms with E-state index in [4.69, 9.17) is 28.2 Å². The number of aliphatic hydroxyl groups is 1. The van der Waals surface area contributed by atoms with Gasteiger partial charge in [-0.3, -0.25) is 14.4 Å². The predicted octanol–water partition coefficient (Wildman–Crippen LogP) is 6.57. The zero-order valence-electron chi connectivity index (χ0n) is 37.8.